The Kier molecular flexibility index (Phi) is 6.90. The van der Waals surface area contributed by atoms with Crippen LogP contribution in [-0.2, 0) is 6.54 Å². The number of aliphatic imine (C=N–C) groups is 1. The number of aromatic nitrogens is 1. The van der Waals surface area contributed by atoms with E-state index in [9.17, 15) is 0 Å². The van der Waals surface area contributed by atoms with Crippen molar-refractivity contribution in [2.75, 3.05) is 6.61 Å². The molecule has 1 heterocycles. The maximum atomic E-state index is 6.01. The van der Waals surface area contributed by atoms with E-state index < -0.39 is 0 Å². The molecule has 3 rings (SSSR count). The third-order valence-corrected chi connectivity index (χ3v) is 4.55. The van der Waals surface area contributed by atoms with Gasteiger partial charge in [-0.15, -0.1) is 0 Å². The average molecular weight is 368 g/mol. The number of rotatable bonds is 7. The van der Waals surface area contributed by atoms with Crippen molar-refractivity contribution >= 4 is 5.96 Å². The number of ether oxygens (including phenoxy) is 2. The van der Waals surface area contributed by atoms with Crippen LogP contribution < -0.4 is 20.5 Å². The highest BCUT2D eigenvalue weighted by Gasteiger charge is 2.13. The van der Waals surface area contributed by atoms with Crippen molar-refractivity contribution in [3.8, 4) is 17.4 Å². The van der Waals surface area contributed by atoms with Gasteiger partial charge in [-0.3, -0.25) is 0 Å². The monoisotopic (exact) mass is 368 g/mol. The van der Waals surface area contributed by atoms with Crippen molar-refractivity contribution in [1.82, 2.24) is 10.3 Å². The van der Waals surface area contributed by atoms with Crippen LogP contribution in [0.25, 0.3) is 0 Å². The minimum atomic E-state index is 0.460. The fraction of sp³-hybridized carbons (Fsp3) is 0.429. The second-order valence-corrected chi connectivity index (χ2v) is 6.67. The van der Waals surface area contributed by atoms with Crippen molar-refractivity contribution in [3.05, 3.63) is 48.2 Å². The van der Waals surface area contributed by atoms with Gasteiger partial charge in [0.2, 0.25) is 5.88 Å². The molecule has 0 bridgehead atoms. The number of benzene rings is 1. The van der Waals surface area contributed by atoms with Crippen LogP contribution in [0.4, 0.5) is 0 Å². The van der Waals surface area contributed by atoms with Crippen LogP contribution in [0.2, 0.25) is 0 Å². The summed E-state index contributed by atoms with van der Waals surface area (Å²) in [5, 5.41) is 3.32. The summed E-state index contributed by atoms with van der Waals surface area (Å²) in [6.07, 6.45) is 7.96. The topological polar surface area (TPSA) is 81.8 Å². The molecule has 3 N–H and O–H groups in total. The number of nitrogens with two attached hydrogens (primary N) is 1. The predicted octanol–water partition coefficient (Wildman–Crippen LogP) is 4.01. The first kappa shape index (κ1) is 19.0. The molecule has 2 aromatic rings. The molecule has 0 unspecified atom stereocenters. The Morgan fingerprint density at radius 2 is 1.93 bits per heavy atom. The lowest BCUT2D eigenvalue weighted by Gasteiger charge is -2.23. The minimum Gasteiger partial charge on any atom is -0.490 e. The van der Waals surface area contributed by atoms with Crippen molar-refractivity contribution in [2.45, 2.75) is 51.6 Å². The maximum Gasteiger partial charge on any atom is 0.219 e. The number of nitrogens with zero attached hydrogens (tertiary/aromatic N) is 2. The van der Waals surface area contributed by atoms with Crippen molar-refractivity contribution in [2.24, 2.45) is 10.7 Å². The Morgan fingerprint density at radius 1 is 1.15 bits per heavy atom. The summed E-state index contributed by atoms with van der Waals surface area (Å²) in [5.41, 5.74) is 6.99. The number of hydrogen-bond acceptors (Lipinski definition) is 4. The van der Waals surface area contributed by atoms with Crippen LogP contribution in [0.15, 0.2) is 47.6 Å². The highest BCUT2D eigenvalue weighted by atomic mass is 16.5. The van der Waals surface area contributed by atoms with Gasteiger partial charge in [-0.05, 0) is 37.5 Å². The molecule has 0 spiro atoms. The molecular weight excluding hydrogens is 340 g/mol. The number of hydrogen-bond donors (Lipinski definition) is 2. The Bertz CT molecular complexity index is 740. The molecule has 0 atom stereocenters. The quantitative estimate of drug-likeness (QED) is 0.570. The number of guanidine groups is 1. The van der Waals surface area contributed by atoms with Gasteiger partial charge < -0.3 is 20.5 Å². The molecule has 0 radical (unpaired) electrons. The molecular formula is C21H28N4O2. The van der Waals surface area contributed by atoms with E-state index in [4.69, 9.17) is 15.2 Å². The molecule has 0 amide bonds. The van der Waals surface area contributed by atoms with Crippen LogP contribution in [0.5, 0.6) is 17.4 Å². The zero-order chi connectivity index (χ0) is 18.9. The van der Waals surface area contributed by atoms with E-state index in [2.05, 4.69) is 15.3 Å². The molecule has 1 aliphatic carbocycles. The van der Waals surface area contributed by atoms with E-state index in [1.54, 1.807) is 6.20 Å². The first-order valence-electron chi connectivity index (χ1n) is 9.65. The first-order valence-corrected chi connectivity index (χ1v) is 9.65. The van der Waals surface area contributed by atoms with Gasteiger partial charge in [-0.2, -0.15) is 0 Å². The molecule has 27 heavy (non-hydrogen) atoms. The van der Waals surface area contributed by atoms with Crippen LogP contribution in [0.1, 0.15) is 44.6 Å². The summed E-state index contributed by atoms with van der Waals surface area (Å²) in [4.78, 5) is 8.78. The summed E-state index contributed by atoms with van der Waals surface area (Å²) >= 11 is 0. The first-order chi connectivity index (χ1) is 13.2. The number of para-hydroxylation sites is 2. The van der Waals surface area contributed by atoms with E-state index in [0.29, 0.717) is 42.5 Å². The van der Waals surface area contributed by atoms with E-state index in [1.807, 2.05) is 43.3 Å². The summed E-state index contributed by atoms with van der Waals surface area (Å²) in [7, 11) is 0. The molecule has 6 heteroatoms. The summed E-state index contributed by atoms with van der Waals surface area (Å²) in [6.45, 7) is 3.02. The third kappa shape index (κ3) is 5.88. The minimum absolute atomic E-state index is 0.460. The standard InChI is InChI=1S/C21H28N4O2/c1-2-26-18-10-6-7-11-19(18)27-20-13-12-16(14-23-20)15-24-21(22)25-17-8-4-3-5-9-17/h6-7,10-14,17H,2-5,8-9,15H2,1H3,(H3,22,24,25). The Hall–Kier alpha value is -2.76. The van der Waals surface area contributed by atoms with Gasteiger partial charge >= 0.3 is 0 Å². The molecule has 6 nitrogen and oxygen atoms in total. The molecule has 1 saturated carbocycles. The van der Waals surface area contributed by atoms with Gasteiger partial charge in [0, 0.05) is 18.3 Å². The van der Waals surface area contributed by atoms with Gasteiger partial charge in [0.25, 0.3) is 0 Å². The van der Waals surface area contributed by atoms with E-state index in [1.165, 1.54) is 32.1 Å². The maximum absolute atomic E-state index is 6.01. The SMILES string of the molecule is CCOc1ccccc1Oc1ccc(CN=C(N)NC2CCCCC2)cn1. The van der Waals surface area contributed by atoms with Crippen molar-refractivity contribution < 1.29 is 9.47 Å². The molecule has 1 aromatic carbocycles. The van der Waals surface area contributed by atoms with Gasteiger partial charge in [-0.1, -0.05) is 37.5 Å². The molecule has 0 aliphatic heterocycles. The summed E-state index contributed by atoms with van der Waals surface area (Å²) in [5.74, 6) is 2.38. The Balaban J connectivity index is 1.55. The van der Waals surface area contributed by atoms with Crippen molar-refractivity contribution in [1.29, 1.82) is 0 Å². The highest BCUT2D eigenvalue weighted by molar-refractivity contribution is 5.78. The number of nitrogens with one attached hydrogen (secondary N) is 1. The molecule has 1 aromatic heterocycles. The van der Waals surface area contributed by atoms with E-state index in [-0.39, 0.29) is 0 Å². The zero-order valence-electron chi connectivity index (χ0n) is 15.9. The van der Waals surface area contributed by atoms with E-state index >= 15 is 0 Å². The predicted molar refractivity (Wildman–Crippen MR) is 107 cm³/mol. The highest BCUT2D eigenvalue weighted by Crippen LogP contribution is 2.30. The zero-order valence-corrected chi connectivity index (χ0v) is 15.9. The van der Waals surface area contributed by atoms with Crippen LogP contribution in [-0.4, -0.2) is 23.6 Å². The fourth-order valence-corrected chi connectivity index (χ4v) is 3.16. The van der Waals surface area contributed by atoms with Crippen LogP contribution >= 0.6 is 0 Å². The lowest BCUT2D eigenvalue weighted by molar-refractivity contribution is 0.319. The normalized spacial score (nSPS) is 15.4. The molecule has 1 fully saturated rings. The molecule has 144 valence electrons. The lowest BCUT2D eigenvalue weighted by Crippen LogP contribution is -2.41. The van der Waals surface area contributed by atoms with Crippen LogP contribution in [0, 0.1) is 0 Å². The largest absolute Gasteiger partial charge is 0.490 e. The second kappa shape index (κ2) is 9.80. The third-order valence-electron chi connectivity index (χ3n) is 4.55. The Morgan fingerprint density at radius 3 is 2.63 bits per heavy atom. The fourth-order valence-electron chi connectivity index (χ4n) is 3.16. The van der Waals surface area contributed by atoms with Crippen LogP contribution in [0.3, 0.4) is 0 Å². The second-order valence-electron chi connectivity index (χ2n) is 6.67. The molecule has 1 aliphatic rings. The smallest absolute Gasteiger partial charge is 0.219 e. The van der Waals surface area contributed by atoms with Gasteiger partial charge in [0.15, 0.2) is 17.5 Å². The molecule has 0 saturated heterocycles. The Labute approximate surface area is 160 Å². The summed E-state index contributed by atoms with van der Waals surface area (Å²) < 4.78 is 11.4. The summed E-state index contributed by atoms with van der Waals surface area (Å²) in [6, 6.07) is 11.8. The number of pyridine rings is 1. The lowest BCUT2D eigenvalue weighted by atomic mass is 9.96. The van der Waals surface area contributed by atoms with Gasteiger partial charge in [-0.25, -0.2) is 9.98 Å². The van der Waals surface area contributed by atoms with Crippen molar-refractivity contribution in [3.63, 3.8) is 0 Å². The van der Waals surface area contributed by atoms with Gasteiger partial charge in [0.05, 0.1) is 13.2 Å². The van der Waals surface area contributed by atoms with E-state index in [0.717, 1.165) is 5.56 Å². The average Bonchev–Trinajstić information content (AvgIpc) is 2.70. The van der Waals surface area contributed by atoms with Gasteiger partial charge in [0.1, 0.15) is 0 Å².